The fourth-order valence-corrected chi connectivity index (χ4v) is 3.03. The first-order chi connectivity index (χ1) is 11.2. The predicted molar refractivity (Wildman–Crippen MR) is 89.4 cm³/mol. The van der Waals surface area contributed by atoms with Crippen LogP contribution in [0.4, 0.5) is 0 Å². The number of hydrogen-bond acceptors (Lipinski definition) is 4. The van der Waals surface area contributed by atoms with E-state index < -0.39 is 0 Å². The Morgan fingerprint density at radius 3 is 2.78 bits per heavy atom. The Kier molecular flexibility index (Phi) is 3.75. The topological polar surface area (TPSA) is 52.8 Å². The summed E-state index contributed by atoms with van der Waals surface area (Å²) in [7, 11) is 0. The minimum absolute atomic E-state index is 0.275. The Morgan fingerprint density at radius 1 is 1.26 bits per heavy atom. The lowest BCUT2D eigenvalue weighted by Gasteiger charge is -2.27. The summed E-state index contributed by atoms with van der Waals surface area (Å²) in [6.45, 7) is 3.59. The van der Waals surface area contributed by atoms with E-state index in [9.17, 15) is 0 Å². The van der Waals surface area contributed by atoms with Crippen LogP contribution in [0.15, 0.2) is 30.3 Å². The fraction of sp³-hybridized carbons (Fsp3) is 0.353. The van der Waals surface area contributed by atoms with Crippen LogP contribution in [0.2, 0.25) is 0 Å². The molecule has 0 bridgehead atoms. The van der Waals surface area contributed by atoms with Crippen molar-refractivity contribution in [1.29, 1.82) is 0 Å². The number of ether oxygens (including phenoxy) is 1. The molecule has 1 unspecified atom stereocenters. The molecule has 5 nitrogen and oxygen atoms in total. The molecule has 2 aromatic heterocycles. The lowest BCUT2D eigenvalue weighted by Crippen LogP contribution is -2.31. The molecule has 0 amide bonds. The van der Waals surface area contributed by atoms with Crippen LogP contribution in [0, 0.1) is 6.92 Å². The maximum Gasteiger partial charge on any atom is 0.124 e. The molecule has 0 N–H and O–H groups in total. The van der Waals surface area contributed by atoms with Gasteiger partial charge in [-0.05, 0) is 37.6 Å². The molecule has 1 saturated heterocycles. The summed E-state index contributed by atoms with van der Waals surface area (Å²) in [6.07, 6.45) is 1.37. The molecule has 0 saturated carbocycles. The van der Waals surface area contributed by atoms with E-state index in [4.69, 9.17) is 16.3 Å². The van der Waals surface area contributed by atoms with Gasteiger partial charge in [-0.2, -0.15) is 10.2 Å². The van der Waals surface area contributed by atoms with Gasteiger partial charge in [-0.15, -0.1) is 11.6 Å². The van der Waals surface area contributed by atoms with Gasteiger partial charge in [-0.25, -0.2) is 4.98 Å². The molecule has 1 fully saturated rings. The molecule has 1 aliphatic heterocycles. The number of nitrogens with zero attached hydrogens (tertiary/aromatic N) is 4. The first-order valence-electron chi connectivity index (χ1n) is 7.72. The molecule has 6 heteroatoms. The van der Waals surface area contributed by atoms with Crippen LogP contribution in [0.25, 0.3) is 22.3 Å². The Bertz CT molecular complexity index is 840. The highest BCUT2D eigenvalue weighted by Crippen LogP contribution is 2.26. The maximum absolute atomic E-state index is 6.08. The van der Waals surface area contributed by atoms with Crippen molar-refractivity contribution in [2.24, 2.45) is 0 Å². The van der Waals surface area contributed by atoms with Gasteiger partial charge in [0.15, 0.2) is 0 Å². The second-order valence-corrected chi connectivity index (χ2v) is 6.08. The van der Waals surface area contributed by atoms with Gasteiger partial charge in [-0.1, -0.05) is 6.07 Å². The van der Waals surface area contributed by atoms with E-state index >= 15 is 0 Å². The molecule has 0 radical (unpaired) electrons. The maximum atomic E-state index is 6.08. The number of halogens is 1. The molecule has 3 heterocycles. The van der Waals surface area contributed by atoms with Crippen molar-refractivity contribution in [3.63, 3.8) is 0 Å². The Balaban J connectivity index is 1.75. The Labute approximate surface area is 139 Å². The standard InChI is InChI=1S/C17H17ClN4O/c1-11-2-4-14(21-20-11)12-3-5-16-15(8-12)19-17(9-18)22(16)10-13-6-7-23-13/h2-5,8,13H,6-7,9-10H2,1H3. The number of hydrogen-bond donors (Lipinski definition) is 0. The Hall–Kier alpha value is -1.98. The second kappa shape index (κ2) is 5.91. The van der Waals surface area contributed by atoms with Crippen molar-refractivity contribution in [3.8, 4) is 11.3 Å². The van der Waals surface area contributed by atoms with Crippen molar-refractivity contribution >= 4 is 22.6 Å². The summed E-state index contributed by atoms with van der Waals surface area (Å²) < 4.78 is 7.71. The van der Waals surface area contributed by atoms with Gasteiger partial charge in [0, 0.05) is 12.2 Å². The number of aromatic nitrogens is 4. The van der Waals surface area contributed by atoms with E-state index in [1.165, 1.54) is 0 Å². The number of aryl methyl sites for hydroxylation is 1. The molecule has 1 aliphatic rings. The summed E-state index contributed by atoms with van der Waals surface area (Å²) in [6, 6.07) is 10.1. The Morgan fingerprint density at radius 2 is 2.13 bits per heavy atom. The van der Waals surface area contributed by atoms with Crippen LogP contribution in [-0.2, 0) is 17.2 Å². The summed E-state index contributed by atoms with van der Waals surface area (Å²) in [5.74, 6) is 1.27. The SMILES string of the molecule is Cc1ccc(-c2ccc3c(c2)nc(CCl)n3CC2CCO2)nn1. The molecular formula is C17H17ClN4O. The lowest BCUT2D eigenvalue weighted by atomic mass is 10.1. The zero-order chi connectivity index (χ0) is 15.8. The molecular weight excluding hydrogens is 312 g/mol. The molecule has 1 atom stereocenters. The summed E-state index contributed by atoms with van der Waals surface area (Å²) >= 11 is 6.08. The second-order valence-electron chi connectivity index (χ2n) is 5.82. The van der Waals surface area contributed by atoms with Crippen LogP contribution in [0.5, 0.6) is 0 Å². The fourth-order valence-electron chi connectivity index (χ4n) is 2.83. The average molecular weight is 329 g/mol. The molecule has 1 aromatic carbocycles. The number of fused-ring (bicyclic) bond motifs is 1. The van der Waals surface area contributed by atoms with Crippen LogP contribution in [0.1, 0.15) is 17.9 Å². The van der Waals surface area contributed by atoms with E-state index in [0.29, 0.717) is 5.88 Å². The monoisotopic (exact) mass is 328 g/mol. The van der Waals surface area contributed by atoms with Gasteiger partial charge in [0.1, 0.15) is 5.82 Å². The van der Waals surface area contributed by atoms with Crippen LogP contribution < -0.4 is 0 Å². The quantitative estimate of drug-likeness (QED) is 0.689. The zero-order valence-electron chi connectivity index (χ0n) is 12.9. The van der Waals surface area contributed by atoms with E-state index in [-0.39, 0.29) is 6.10 Å². The van der Waals surface area contributed by atoms with E-state index in [0.717, 1.165) is 53.4 Å². The molecule has 0 aliphatic carbocycles. The zero-order valence-corrected chi connectivity index (χ0v) is 13.6. The largest absolute Gasteiger partial charge is 0.376 e. The van der Waals surface area contributed by atoms with Gasteiger partial charge < -0.3 is 9.30 Å². The number of alkyl halides is 1. The number of imidazole rings is 1. The van der Waals surface area contributed by atoms with Crippen molar-refractivity contribution in [2.75, 3.05) is 6.61 Å². The third-order valence-corrected chi connectivity index (χ3v) is 4.46. The van der Waals surface area contributed by atoms with Gasteiger partial charge >= 0.3 is 0 Å². The molecule has 3 aromatic rings. The van der Waals surface area contributed by atoms with Gasteiger partial charge in [0.05, 0.1) is 40.9 Å². The smallest absolute Gasteiger partial charge is 0.124 e. The first-order valence-corrected chi connectivity index (χ1v) is 8.25. The van der Waals surface area contributed by atoms with Gasteiger partial charge in [0.2, 0.25) is 0 Å². The summed E-state index contributed by atoms with van der Waals surface area (Å²) in [4.78, 5) is 4.67. The summed E-state index contributed by atoms with van der Waals surface area (Å²) in [5, 5.41) is 8.36. The van der Waals surface area contributed by atoms with Gasteiger partial charge in [0.25, 0.3) is 0 Å². The highest BCUT2D eigenvalue weighted by Gasteiger charge is 2.21. The average Bonchev–Trinajstić information content (AvgIpc) is 2.88. The van der Waals surface area contributed by atoms with Crippen molar-refractivity contribution < 1.29 is 4.74 Å². The third-order valence-electron chi connectivity index (χ3n) is 4.22. The minimum atomic E-state index is 0.275. The van der Waals surface area contributed by atoms with Gasteiger partial charge in [-0.3, -0.25) is 0 Å². The number of rotatable bonds is 4. The van der Waals surface area contributed by atoms with Crippen LogP contribution in [-0.4, -0.2) is 32.5 Å². The molecule has 118 valence electrons. The van der Waals surface area contributed by atoms with Crippen molar-refractivity contribution in [3.05, 3.63) is 41.9 Å². The number of benzene rings is 1. The normalized spacial score (nSPS) is 17.4. The van der Waals surface area contributed by atoms with Crippen LogP contribution >= 0.6 is 11.6 Å². The lowest BCUT2D eigenvalue weighted by molar-refractivity contribution is -0.0589. The minimum Gasteiger partial charge on any atom is -0.376 e. The first kappa shape index (κ1) is 14.6. The molecule has 0 spiro atoms. The van der Waals surface area contributed by atoms with E-state index in [1.807, 2.05) is 25.1 Å². The van der Waals surface area contributed by atoms with E-state index in [2.05, 4.69) is 31.9 Å². The third kappa shape index (κ3) is 2.71. The van der Waals surface area contributed by atoms with E-state index in [1.54, 1.807) is 0 Å². The van der Waals surface area contributed by atoms with Crippen molar-refractivity contribution in [1.82, 2.24) is 19.7 Å². The molecule has 23 heavy (non-hydrogen) atoms. The highest BCUT2D eigenvalue weighted by atomic mass is 35.5. The predicted octanol–water partition coefficient (Wildman–Crippen LogP) is 3.33. The van der Waals surface area contributed by atoms with Crippen LogP contribution in [0.3, 0.4) is 0 Å². The summed E-state index contributed by atoms with van der Waals surface area (Å²) in [5.41, 5.74) is 4.78. The highest BCUT2D eigenvalue weighted by molar-refractivity contribution is 6.16. The molecule has 4 rings (SSSR count). The van der Waals surface area contributed by atoms with Crippen molar-refractivity contribution in [2.45, 2.75) is 31.9 Å².